The fourth-order valence-electron chi connectivity index (χ4n) is 2.88. The number of benzene rings is 3. The molecule has 3 aromatic carbocycles. The van der Waals surface area contributed by atoms with Crippen LogP contribution < -0.4 is 15.4 Å². The summed E-state index contributed by atoms with van der Waals surface area (Å²) in [5.74, 6) is 1.48. The van der Waals surface area contributed by atoms with Gasteiger partial charge in [0, 0.05) is 23.5 Å². The number of carbonyl (C=O) groups excluding carboxylic acids is 1. The van der Waals surface area contributed by atoms with E-state index in [1.807, 2.05) is 78.9 Å². The highest BCUT2D eigenvalue weighted by Gasteiger charge is 2.08. The molecule has 6 nitrogen and oxygen atoms in total. The predicted octanol–water partition coefficient (Wildman–Crippen LogP) is 5.70. The van der Waals surface area contributed by atoms with Gasteiger partial charge in [-0.25, -0.2) is 0 Å². The monoisotopic (exact) mass is 462 g/mol. The molecule has 4 aromatic rings. The maximum absolute atomic E-state index is 12.4. The van der Waals surface area contributed by atoms with Gasteiger partial charge in [-0.15, -0.1) is 10.2 Å². The van der Waals surface area contributed by atoms with Crippen molar-refractivity contribution in [3.05, 3.63) is 95.6 Å². The second kappa shape index (κ2) is 10.8. The van der Waals surface area contributed by atoms with Gasteiger partial charge < -0.3 is 15.4 Å². The van der Waals surface area contributed by atoms with Crippen molar-refractivity contribution in [2.45, 2.75) is 16.6 Å². The number of amides is 1. The van der Waals surface area contributed by atoms with Gasteiger partial charge in [-0.2, -0.15) is 0 Å². The van der Waals surface area contributed by atoms with Crippen LogP contribution in [0.1, 0.15) is 21.5 Å². The first-order valence-electron chi connectivity index (χ1n) is 9.98. The van der Waals surface area contributed by atoms with Gasteiger partial charge in [-0.3, -0.25) is 4.79 Å². The normalized spacial score (nSPS) is 10.5. The molecule has 0 bridgehead atoms. The summed E-state index contributed by atoms with van der Waals surface area (Å²) >= 11 is 3.15. The number of rotatable bonds is 9. The Labute approximate surface area is 195 Å². The van der Waals surface area contributed by atoms with Gasteiger partial charge in [0.25, 0.3) is 5.91 Å². The van der Waals surface area contributed by atoms with Gasteiger partial charge in [-0.1, -0.05) is 65.6 Å². The van der Waals surface area contributed by atoms with Crippen LogP contribution in [0.3, 0.4) is 0 Å². The molecule has 0 saturated heterocycles. The van der Waals surface area contributed by atoms with Gasteiger partial charge in [0.2, 0.25) is 5.13 Å². The lowest BCUT2D eigenvalue weighted by Gasteiger charge is -2.06. The topological polar surface area (TPSA) is 76.1 Å². The molecule has 1 heterocycles. The van der Waals surface area contributed by atoms with Crippen LogP contribution >= 0.6 is 23.1 Å². The number of thioether (sulfide) groups is 1. The smallest absolute Gasteiger partial charge is 0.255 e. The standard InChI is InChI=1S/C24H22N4O2S2/c1-30-21-13-9-17(10-14-21)15-25-23-27-28-24(32-23)31-16-18-7-11-19(12-8-18)22(29)26-20-5-3-2-4-6-20/h2-14H,15-16H2,1H3,(H,25,27)(H,26,29). The van der Waals surface area contributed by atoms with Crippen LogP contribution in [-0.4, -0.2) is 23.2 Å². The number of aromatic nitrogens is 2. The average molecular weight is 463 g/mol. The van der Waals surface area contributed by atoms with Crippen molar-refractivity contribution in [2.24, 2.45) is 0 Å². The van der Waals surface area contributed by atoms with Crippen molar-refractivity contribution in [3.8, 4) is 5.75 Å². The van der Waals surface area contributed by atoms with E-state index in [1.165, 1.54) is 11.3 Å². The number of carbonyl (C=O) groups is 1. The first-order valence-corrected chi connectivity index (χ1v) is 11.8. The molecular weight excluding hydrogens is 440 g/mol. The van der Waals surface area contributed by atoms with E-state index in [9.17, 15) is 4.79 Å². The zero-order valence-corrected chi connectivity index (χ0v) is 19.1. The minimum Gasteiger partial charge on any atom is -0.497 e. The summed E-state index contributed by atoms with van der Waals surface area (Å²) in [6.07, 6.45) is 0. The van der Waals surface area contributed by atoms with Crippen LogP contribution in [0.25, 0.3) is 0 Å². The first-order chi connectivity index (χ1) is 15.7. The maximum atomic E-state index is 12.4. The van der Waals surface area contributed by atoms with E-state index in [2.05, 4.69) is 20.8 Å². The Hall–Kier alpha value is -3.36. The van der Waals surface area contributed by atoms with Gasteiger partial charge in [0.1, 0.15) is 5.75 Å². The third kappa shape index (κ3) is 6.09. The van der Waals surface area contributed by atoms with Crippen molar-refractivity contribution in [2.75, 3.05) is 17.7 Å². The number of methoxy groups -OCH3 is 1. The predicted molar refractivity (Wildman–Crippen MR) is 131 cm³/mol. The van der Waals surface area contributed by atoms with E-state index in [0.717, 1.165) is 37.8 Å². The van der Waals surface area contributed by atoms with E-state index < -0.39 is 0 Å². The highest BCUT2D eigenvalue weighted by molar-refractivity contribution is 8.00. The van der Waals surface area contributed by atoms with E-state index >= 15 is 0 Å². The van der Waals surface area contributed by atoms with Gasteiger partial charge in [0.05, 0.1) is 7.11 Å². The average Bonchev–Trinajstić information content (AvgIpc) is 3.30. The Morgan fingerprint density at radius 2 is 1.66 bits per heavy atom. The summed E-state index contributed by atoms with van der Waals surface area (Å²) in [7, 11) is 1.66. The molecule has 0 unspecified atom stereocenters. The van der Waals surface area contributed by atoms with Crippen molar-refractivity contribution in [1.82, 2.24) is 10.2 Å². The van der Waals surface area contributed by atoms with Gasteiger partial charge >= 0.3 is 0 Å². The van der Waals surface area contributed by atoms with Crippen molar-refractivity contribution >= 4 is 39.8 Å². The Morgan fingerprint density at radius 3 is 2.38 bits per heavy atom. The Bertz CT molecular complexity index is 1150. The maximum Gasteiger partial charge on any atom is 0.255 e. The molecule has 0 saturated carbocycles. The number of nitrogens with zero attached hydrogens (tertiary/aromatic N) is 2. The summed E-state index contributed by atoms with van der Waals surface area (Å²) in [6.45, 7) is 0.676. The molecule has 0 aliphatic rings. The van der Waals surface area contributed by atoms with Crippen LogP contribution in [0.4, 0.5) is 10.8 Å². The van der Waals surface area contributed by atoms with Crippen LogP contribution in [0.5, 0.6) is 5.75 Å². The number of hydrogen-bond donors (Lipinski definition) is 2. The van der Waals surface area contributed by atoms with Crippen molar-refractivity contribution in [3.63, 3.8) is 0 Å². The molecule has 162 valence electrons. The molecule has 1 aromatic heterocycles. The SMILES string of the molecule is COc1ccc(CNc2nnc(SCc3ccc(C(=O)Nc4ccccc4)cc3)s2)cc1. The number of anilines is 2. The molecule has 1 amide bonds. The number of hydrogen-bond acceptors (Lipinski definition) is 7. The van der Waals surface area contributed by atoms with Crippen molar-refractivity contribution in [1.29, 1.82) is 0 Å². The zero-order chi connectivity index (χ0) is 22.2. The minimum atomic E-state index is -0.118. The van der Waals surface area contributed by atoms with Gasteiger partial charge in [-0.05, 0) is 47.5 Å². The van der Waals surface area contributed by atoms with Crippen LogP contribution in [0.15, 0.2) is 83.2 Å². The van der Waals surface area contributed by atoms with E-state index in [1.54, 1.807) is 18.9 Å². The highest BCUT2D eigenvalue weighted by Crippen LogP contribution is 2.28. The number of para-hydroxylation sites is 1. The summed E-state index contributed by atoms with van der Waals surface area (Å²) in [5.41, 5.74) is 3.68. The fraction of sp³-hybridized carbons (Fsp3) is 0.125. The Morgan fingerprint density at radius 1 is 0.938 bits per heavy atom. The molecule has 0 fully saturated rings. The Kier molecular flexibility index (Phi) is 7.37. The third-order valence-electron chi connectivity index (χ3n) is 4.62. The molecule has 0 aliphatic heterocycles. The van der Waals surface area contributed by atoms with Crippen LogP contribution in [-0.2, 0) is 12.3 Å². The summed E-state index contributed by atoms with van der Waals surface area (Å²) in [4.78, 5) is 12.4. The molecule has 0 radical (unpaired) electrons. The molecule has 0 spiro atoms. The lowest BCUT2D eigenvalue weighted by atomic mass is 10.1. The van der Waals surface area contributed by atoms with Crippen LogP contribution in [0, 0.1) is 0 Å². The highest BCUT2D eigenvalue weighted by atomic mass is 32.2. The second-order valence-electron chi connectivity index (χ2n) is 6.88. The summed E-state index contributed by atoms with van der Waals surface area (Å²) in [6, 6.07) is 25.0. The molecule has 2 N–H and O–H groups in total. The van der Waals surface area contributed by atoms with Crippen molar-refractivity contribution < 1.29 is 9.53 Å². The zero-order valence-electron chi connectivity index (χ0n) is 17.4. The third-order valence-corrected chi connectivity index (χ3v) is 6.70. The largest absolute Gasteiger partial charge is 0.497 e. The molecule has 32 heavy (non-hydrogen) atoms. The number of ether oxygens (including phenoxy) is 1. The lowest BCUT2D eigenvalue weighted by Crippen LogP contribution is -2.11. The van der Waals surface area contributed by atoms with E-state index in [-0.39, 0.29) is 5.91 Å². The molecule has 0 atom stereocenters. The second-order valence-corrected chi connectivity index (χ2v) is 9.08. The van der Waals surface area contributed by atoms with Crippen LogP contribution in [0.2, 0.25) is 0 Å². The molecule has 0 aliphatic carbocycles. The Balaban J connectivity index is 1.25. The molecular formula is C24H22N4O2S2. The summed E-state index contributed by atoms with van der Waals surface area (Å²) in [5, 5.41) is 15.4. The van der Waals surface area contributed by atoms with Gasteiger partial charge in [0.15, 0.2) is 4.34 Å². The van der Waals surface area contributed by atoms with E-state index in [4.69, 9.17) is 4.74 Å². The molecule has 4 rings (SSSR count). The quantitative estimate of drug-likeness (QED) is 0.311. The molecule has 8 heteroatoms. The first kappa shape index (κ1) is 21.9. The van der Waals surface area contributed by atoms with E-state index in [0.29, 0.717) is 12.1 Å². The lowest BCUT2D eigenvalue weighted by molar-refractivity contribution is 0.102. The summed E-state index contributed by atoms with van der Waals surface area (Å²) < 4.78 is 6.07. The fourth-order valence-corrected chi connectivity index (χ4v) is 4.59. The number of nitrogens with one attached hydrogen (secondary N) is 2. The minimum absolute atomic E-state index is 0.118.